The molecule has 0 spiro atoms. The topological polar surface area (TPSA) is 38.9 Å². The SMILES string of the molecule is CC.Cc1nc(-c2ccccc2)c(-c2ccnc(F)c2)o1. The molecule has 0 N–H and O–H groups in total. The summed E-state index contributed by atoms with van der Waals surface area (Å²) in [4.78, 5) is 7.92. The van der Waals surface area contributed by atoms with Crippen LogP contribution in [0.2, 0.25) is 0 Å². The van der Waals surface area contributed by atoms with Gasteiger partial charge in [0.1, 0.15) is 5.69 Å². The Morgan fingerprint density at radius 1 is 1.00 bits per heavy atom. The third-order valence-corrected chi connectivity index (χ3v) is 2.77. The highest BCUT2D eigenvalue weighted by atomic mass is 19.1. The number of aryl methyl sites for hydroxylation is 1. The summed E-state index contributed by atoms with van der Waals surface area (Å²) in [6.07, 6.45) is 1.41. The van der Waals surface area contributed by atoms with Crippen LogP contribution >= 0.6 is 0 Å². The van der Waals surface area contributed by atoms with Gasteiger partial charge < -0.3 is 4.42 Å². The summed E-state index contributed by atoms with van der Waals surface area (Å²) in [5.41, 5.74) is 2.28. The first-order valence-corrected chi connectivity index (χ1v) is 6.89. The van der Waals surface area contributed by atoms with Crippen molar-refractivity contribution in [3.8, 4) is 22.6 Å². The zero-order valence-electron chi connectivity index (χ0n) is 12.3. The van der Waals surface area contributed by atoms with E-state index in [-0.39, 0.29) is 0 Å². The van der Waals surface area contributed by atoms with Crippen molar-refractivity contribution in [1.82, 2.24) is 9.97 Å². The summed E-state index contributed by atoms with van der Waals surface area (Å²) < 4.78 is 18.8. The zero-order valence-corrected chi connectivity index (χ0v) is 12.3. The molecule has 4 heteroatoms. The molecule has 2 aromatic heterocycles. The van der Waals surface area contributed by atoms with Gasteiger partial charge in [-0.2, -0.15) is 4.39 Å². The predicted octanol–water partition coefficient (Wildman–Crippen LogP) is 4.88. The minimum Gasteiger partial charge on any atom is -0.440 e. The number of aromatic nitrogens is 2. The van der Waals surface area contributed by atoms with Crippen molar-refractivity contribution in [2.75, 3.05) is 0 Å². The maximum Gasteiger partial charge on any atom is 0.213 e. The average molecular weight is 284 g/mol. The largest absolute Gasteiger partial charge is 0.440 e. The third kappa shape index (κ3) is 3.34. The molecule has 108 valence electrons. The minimum atomic E-state index is -0.537. The fourth-order valence-corrected chi connectivity index (χ4v) is 1.96. The fraction of sp³-hybridized carbons (Fsp3) is 0.176. The number of benzene rings is 1. The quantitative estimate of drug-likeness (QED) is 0.630. The smallest absolute Gasteiger partial charge is 0.213 e. The Morgan fingerprint density at radius 2 is 1.71 bits per heavy atom. The molecule has 0 aliphatic heterocycles. The summed E-state index contributed by atoms with van der Waals surface area (Å²) in [6.45, 7) is 5.77. The lowest BCUT2D eigenvalue weighted by molar-refractivity contribution is 0.532. The van der Waals surface area contributed by atoms with Crippen LogP contribution in [0.15, 0.2) is 53.1 Å². The molecule has 0 unspecified atom stereocenters. The van der Waals surface area contributed by atoms with E-state index < -0.39 is 5.95 Å². The van der Waals surface area contributed by atoms with Crippen molar-refractivity contribution in [1.29, 1.82) is 0 Å². The molecule has 3 aromatic rings. The van der Waals surface area contributed by atoms with Gasteiger partial charge in [0.25, 0.3) is 0 Å². The average Bonchev–Trinajstić information content (AvgIpc) is 2.92. The third-order valence-electron chi connectivity index (χ3n) is 2.77. The van der Waals surface area contributed by atoms with Crippen molar-refractivity contribution in [2.45, 2.75) is 20.8 Å². The lowest BCUT2D eigenvalue weighted by Gasteiger charge is -2.01. The Bertz CT molecular complexity index is 708. The van der Waals surface area contributed by atoms with E-state index in [1.165, 1.54) is 12.3 Å². The van der Waals surface area contributed by atoms with E-state index in [0.717, 1.165) is 5.56 Å². The van der Waals surface area contributed by atoms with Crippen LogP contribution in [0.5, 0.6) is 0 Å². The van der Waals surface area contributed by atoms with Gasteiger partial charge in [-0.25, -0.2) is 9.97 Å². The van der Waals surface area contributed by atoms with Crippen LogP contribution in [0.25, 0.3) is 22.6 Å². The monoisotopic (exact) mass is 284 g/mol. The van der Waals surface area contributed by atoms with Gasteiger partial charge >= 0.3 is 0 Å². The molecule has 0 saturated carbocycles. The highest BCUT2D eigenvalue weighted by molar-refractivity contribution is 5.76. The molecule has 0 atom stereocenters. The van der Waals surface area contributed by atoms with Gasteiger partial charge in [-0.3, -0.25) is 0 Å². The summed E-state index contributed by atoms with van der Waals surface area (Å²) in [6, 6.07) is 12.7. The molecule has 0 aliphatic rings. The summed E-state index contributed by atoms with van der Waals surface area (Å²) in [7, 11) is 0. The first-order chi connectivity index (χ1) is 10.2. The van der Waals surface area contributed by atoms with E-state index in [4.69, 9.17) is 4.42 Å². The molecule has 2 heterocycles. The Morgan fingerprint density at radius 3 is 2.38 bits per heavy atom. The normalized spacial score (nSPS) is 9.90. The van der Waals surface area contributed by atoms with Crippen LogP contribution in [0, 0.1) is 12.9 Å². The Balaban J connectivity index is 0.000000774. The molecule has 0 amide bonds. The van der Waals surface area contributed by atoms with Crippen molar-refractivity contribution in [3.63, 3.8) is 0 Å². The molecule has 0 saturated heterocycles. The summed E-state index contributed by atoms with van der Waals surface area (Å²) in [5, 5.41) is 0. The minimum absolute atomic E-state index is 0.537. The highest BCUT2D eigenvalue weighted by Gasteiger charge is 2.15. The van der Waals surface area contributed by atoms with E-state index in [2.05, 4.69) is 9.97 Å². The van der Waals surface area contributed by atoms with E-state index in [0.29, 0.717) is 22.9 Å². The van der Waals surface area contributed by atoms with Crippen LogP contribution in [0.4, 0.5) is 4.39 Å². The van der Waals surface area contributed by atoms with Crippen molar-refractivity contribution in [2.24, 2.45) is 0 Å². The van der Waals surface area contributed by atoms with E-state index in [1.807, 2.05) is 44.2 Å². The second kappa shape index (κ2) is 6.79. The number of hydrogen-bond donors (Lipinski definition) is 0. The van der Waals surface area contributed by atoms with Gasteiger partial charge in [0, 0.05) is 30.3 Å². The van der Waals surface area contributed by atoms with Crippen LogP contribution in [0.3, 0.4) is 0 Å². The lowest BCUT2D eigenvalue weighted by atomic mass is 10.1. The molecule has 0 fully saturated rings. The predicted molar refractivity (Wildman–Crippen MR) is 81.2 cm³/mol. The van der Waals surface area contributed by atoms with Gasteiger partial charge in [0.05, 0.1) is 0 Å². The number of rotatable bonds is 2. The number of hydrogen-bond acceptors (Lipinski definition) is 3. The highest BCUT2D eigenvalue weighted by Crippen LogP contribution is 2.32. The second-order valence-corrected chi connectivity index (χ2v) is 4.14. The molecular weight excluding hydrogens is 267 g/mol. The molecule has 0 aliphatic carbocycles. The van der Waals surface area contributed by atoms with E-state index >= 15 is 0 Å². The van der Waals surface area contributed by atoms with Crippen molar-refractivity contribution < 1.29 is 8.81 Å². The van der Waals surface area contributed by atoms with Crippen LogP contribution in [-0.2, 0) is 0 Å². The van der Waals surface area contributed by atoms with Crippen LogP contribution < -0.4 is 0 Å². The number of pyridine rings is 1. The fourth-order valence-electron chi connectivity index (χ4n) is 1.96. The first kappa shape index (κ1) is 14.9. The zero-order chi connectivity index (χ0) is 15.2. The van der Waals surface area contributed by atoms with E-state index in [9.17, 15) is 4.39 Å². The second-order valence-electron chi connectivity index (χ2n) is 4.14. The standard InChI is InChI=1S/C15H11FN2O.C2H6/c1-10-18-14(11-5-3-2-4-6-11)15(19-10)12-7-8-17-13(16)9-12;1-2/h2-9H,1H3;1-2H3. The maximum atomic E-state index is 13.2. The van der Waals surface area contributed by atoms with Gasteiger partial charge in [-0.1, -0.05) is 44.2 Å². The Kier molecular flexibility index (Phi) is 4.82. The molecule has 0 radical (unpaired) electrons. The molecule has 3 rings (SSSR count). The summed E-state index contributed by atoms with van der Waals surface area (Å²) in [5.74, 6) is 0.571. The van der Waals surface area contributed by atoms with Gasteiger partial charge in [-0.15, -0.1) is 0 Å². The van der Waals surface area contributed by atoms with E-state index in [1.54, 1.807) is 13.0 Å². The molecule has 0 bridgehead atoms. The van der Waals surface area contributed by atoms with Crippen LogP contribution in [-0.4, -0.2) is 9.97 Å². The lowest BCUT2D eigenvalue weighted by Crippen LogP contribution is -1.85. The Hall–Kier alpha value is -2.49. The molecule has 21 heavy (non-hydrogen) atoms. The Labute approximate surface area is 123 Å². The number of oxazole rings is 1. The molecule has 3 nitrogen and oxygen atoms in total. The van der Waals surface area contributed by atoms with Gasteiger partial charge in [-0.05, 0) is 6.07 Å². The molecule has 1 aromatic carbocycles. The maximum absolute atomic E-state index is 13.2. The van der Waals surface area contributed by atoms with Crippen molar-refractivity contribution in [3.05, 3.63) is 60.5 Å². The van der Waals surface area contributed by atoms with Gasteiger partial charge in [0.15, 0.2) is 11.7 Å². The molecular formula is C17H17FN2O. The van der Waals surface area contributed by atoms with Crippen LogP contribution in [0.1, 0.15) is 19.7 Å². The first-order valence-electron chi connectivity index (χ1n) is 6.89. The number of nitrogens with zero attached hydrogens (tertiary/aromatic N) is 2. The number of halogens is 1. The van der Waals surface area contributed by atoms with Crippen molar-refractivity contribution >= 4 is 0 Å². The summed E-state index contributed by atoms with van der Waals surface area (Å²) >= 11 is 0. The van der Waals surface area contributed by atoms with Gasteiger partial charge in [0.2, 0.25) is 5.95 Å².